The molecule has 1 aliphatic heterocycles. The minimum atomic E-state index is -0.631. The van der Waals surface area contributed by atoms with Crippen LogP contribution < -0.4 is 0 Å². The molecule has 4 saturated carbocycles. The fourth-order valence-corrected chi connectivity index (χ4v) is 11.6. The van der Waals surface area contributed by atoms with E-state index in [0.29, 0.717) is 17.8 Å². The number of ether oxygens (including phenoxy) is 1. The molecular weight excluding hydrogens is 424 g/mol. The molecule has 5 aliphatic carbocycles. The molecule has 4 nitrogen and oxygen atoms in total. The number of rotatable bonds is 1. The summed E-state index contributed by atoms with van der Waals surface area (Å²) >= 11 is 0. The number of esters is 1. The van der Waals surface area contributed by atoms with Gasteiger partial charge < -0.3 is 14.9 Å². The van der Waals surface area contributed by atoms with E-state index >= 15 is 0 Å². The van der Waals surface area contributed by atoms with Gasteiger partial charge in [-0.1, -0.05) is 40.2 Å². The predicted molar refractivity (Wildman–Crippen MR) is 132 cm³/mol. The fraction of sp³-hybridized carbons (Fsp3) is 0.900. The lowest BCUT2D eigenvalue weighted by atomic mass is 9.31. The lowest BCUT2D eigenvalue weighted by Gasteiger charge is -2.73. The molecule has 0 aromatic rings. The first kappa shape index (κ1) is 23.5. The topological polar surface area (TPSA) is 66.8 Å². The summed E-state index contributed by atoms with van der Waals surface area (Å²) < 4.78 is 6.67. The van der Waals surface area contributed by atoms with Crippen molar-refractivity contribution in [1.29, 1.82) is 0 Å². The second kappa shape index (κ2) is 6.71. The van der Waals surface area contributed by atoms with Crippen molar-refractivity contribution in [3.63, 3.8) is 0 Å². The number of fused-ring (bicyclic) bond motifs is 4. The van der Waals surface area contributed by atoms with Crippen molar-refractivity contribution in [1.82, 2.24) is 0 Å². The van der Waals surface area contributed by atoms with Gasteiger partial charge in [0.2, 0.25) is 0 Å². The van der Waals surface area contributed by atoms with Crippen molar-refractivity contribution in [3.8, 4) is 0 Å². The standard InChI is InChI=1S/C30H46O4/c1-18-7-13-28-15-16-29(17-31)27(6)12-8-20-25(3,4)22(32)10-11-26(20,5)21(27)9-14-30(29,34-24(28)33)23(28)19(18)2/h18,20-22,31-32H,7-17H2,1-6H3. The highest BCUT2D eigenvalue weighted by molar-refractivity contribution is 5.87. The van der Waals surface area contributed by atoms with Crippen molar-refractivity contribution >= 4 is 5.97 Å². The summed E-state index contributed by atoms with van der Waals surface area (Å²) in [6.07, 6.45) is 9.40. The number of carbonyl (C=O) groups is 1. The van der Waals surface area contributed by atoms with E-state index in [1.165, 1.54) is 11.1 Å². The van der Waals surface area contributed by atoms with Crippen LogP contribution in [-0.2, 0) is 9.53 Å². The molecule has 9 unspecified atom stereocenters. The van der Waals surface area contributed by atoms with Crippen molar-refractivity contribution < 1.29 is 19.7 Å². The van der Waals surface area contributed by atoms with Crippen LogP contribution in [0.2, 0.25) is 0 Å². The summed E-state index contributed by atoms with van der Waals surface area (Å²) in [5.74, 6) is 1.43. The number of hydrogen-bond donors (Lipinski definition) is 2. The Morgan fingerprint density at radius 3 is 2.32 bits per heavy atom. The third kappa shape index (κ3) is 2.25. The second-order valence-corrected chi connectivity index (χ2v) is 14.5. The van der Waals surface area contributed by atoms with Crippen LogP contribution in [0.3, 0.4) is 0 Å². The Morgan fingerprint density at radius 2 is 1.62 bits per heavy atom. The summed E-state index contributed by atoms with van der Waals surface area (Å²) in [6, 6.07) is 0. The number of allylic oxidation sites excluding steroid dienone is 1. The van der Waals surface area contributed by atoms with Gasteiger partial charge in [0.15, 0.2) is 0 Å². The zero-order valence-corrected chi connectivity index (χ0v) is 22.3. The lowest BCUT2D eigenvalue weighted by molar-refractivity contribution is -0.272. The summed E-state index contributed by atoms with van der Waals surface area (Å²) in [7, 11) is 0. The maximum Gasteiger partial charge on any atom is 0.317 e. The highest BCUT2D eigenvalue weighted by Gasteiger charge is 2.80. The Morgan fingerprint density at radius 1 is 0.912 bits per heavy atom. The van der Waals surface area contributed by atoms with Crippen LogP contribution >= 0.6 is 0 Å². The predicted octanol–water partition coefficient (Wildman–Crippen LogP) is 5.80. The van der Waals surface area contributed by atoms with Crippen LogP contribution in [0.15, 0.2) is 11.1 Å². The summed E-state index contributed by atoms with van der Waals surface area (Å²) in [5, 5.41) is 22.3. The molecule has 0 aromatic carbocycles. The van der Waals surface area contributed by atoms with Gasteiger partial charge >= 0.3 is 5.97 Å². The average Bonchev–Trinajstić information content (AvgIpc) is 2.96. The third-order valence-electron chi connectivity index (χ3n) is 13.6. The monoisotopic (exact) mass is 470 g/mol. The second-order valence-electron chi connectivity index (χ2n) is 14.5. The normalized spacial score (nSPS) is 55.6. The van der Waals surface area contributed by atoms with Gasteiger partial charge in [0.05, 0.1) is 18.1 Å². The molecule has 1 saturated heterocycles. The Hall–Kier alpha value is -0.870. The van der Waals surface area contributed by atoms with Crippen molar-refractivity contribution in [2.24, 2.45) is 44.8 Å². The fourth-order valence-electron chi connectivity index (χ4n) is 11.6. The first-order valence-electron chi connectivity index (χ1n) is 14.1. The molecule has 0 radical (unpaired) electrons. The van der Waals surface area contributed by atoms with Gasteiger partial charge in [-0.15, -0.1) is 0 Å². The number of aliphatic hydroxyl groups excluding tert-OH is 2. The smallest absolute Gasteiger partial charge is 0.317 e. The first-order chi connectivity index (χ1) is 15.9. The zero-order chi connectivity index (χ0) is 24.5. The molecule has 5 fully saturated rings. The minimum absolute atomic E-state index is 0.00736. The SMILES string of the molecule is CC1=C2C3(CCC1C)CCC1(CO)C2(CCC2C4(C)CCC(O)C(C)(C)C4CCC21C)OC3=O. The van der Waals surface area contributed by atoms with Gasteiger partial charge in [-0.2, -0.15) is 0 Å². The molecule has 9 atom stereocenters. The van der Waals surface area contributed by atoms with E-state index in [-0.39, 0.29) is 34.9 Å². The summed E-state index contributed by atoms with van der Waals surface area (Å²) in [4.78, 5) is 13.7. The van der Waals surface area contributed by atoms with Gasteiger partial charge in [0.1, 0.15) is 5.60 Å². The molecule has 4 heteroatoms. The maximum atomic E-state index is 13.7. The van der Waals surface area contributed by atoms with E-state index in [2.05, 4.69) is 41.5 Å². The molecule has 6 rings (SSSR count). The van der Waals surface area contributed by atoms with Crippen LogP contribution in [-0.4, -0.2) is 34.5 Å². The van der Waals surface area contributed by atoms with Crippen LogP contribution in [0, 0.1) is 44.8 Å². The van der Waals surface area contributed by atoms with Crippen LogP contribution in [0.4, 0.5) is 0 Å². The van der Waals surface area contributed by atoms with Gasteiger partial charge in [0, 0.05) is 5.41 Å². The Balaban J connectivity index is 1.53. The Labute approximate surface area is 205 Å². The van der Waals surface area contributed by atoms with Gasteiger partial charge in [-0.25, -0.2) is 0 Å². The Kier molecular flexibility index (Phi) is 4.64. The van der Waals surface area contributed by atoms with Crippen LogP contribution in [0.25, 0.3) is 0 Å². The molecule has 2 bridgehead atoms. The van der Waals surface area contributed by atoms with Crippen LogP contribution in [0.1, 0.15) is 106 Å². The van der Waals surface area contributed by atoms with E-state index in [1.54, 1.807) is 0 Å². The van der Waals surface area contributed by atoms with E-state index in [0.717, 1.165) is 64.2 Å². The van der Waals surface area contributed by atoms with E-state index in [4.69, 9.17) is 4.74 Å². The highest BCUT2D eigenvalue weighted by Crippen LogP contribution is 2.80. The number of aliphatic hydroxyl groups is 2. The van der Waals surface area contributed by atoms with Crippen molar-refractivity contribution in [2.75, 3.05) is 6.61 Å². The molecule has 6 aliphatic rings. The van der Waals surface area contributed by atoms with E-state index in [1.807, 2.05) is 0 Å². The molecular formula is C30H46O4. The molecule has 1 heterocycles. The van der Waals surface area contributed by atoms with Gasteiger partial charge in [-0.3, -0.25) is 4.79 Å². The minimum Gasteiger partial charge on any atom is -0.453 e. The van der Waals surface area contributed by atoms with Crippen molar-refractivity contribution in [3.05, 3.63) is 11.1 Å². The molecule has 1 spiro atoms. The molecule has 190 valence electrons. The Bertz CT molecular complexity index is 967. The third-order valence-corrected chi connectivity index (χ3v) is 13.6. The van der Waals surface area contributed by atoms with E-state index < -0.39 is 16.4 Å². The maximum absolute atomic E-state index is 13.7. The molecule has 34 heavy (non-hydrogen) atoms. The van der Waals surface area contributed by atoms with Gasteiger partial charge in [0.25, 0.3) is 0 Å². The highest BCUT2D eigenvalue weighted by atomic mass is 16.6. The van der Waals surface area contributed by atoms with Crippen LogP contribution in [0.5, 0.6) is 0 Å². The lowest BCUT2D eigenvalue weighted by Crippen LogP contribution is -2.72. The molecule has 0 amide bonds. The first-order valence-corrected chi connectivity index (χ1v) is 14.1. The molecule has 2 N–H and O–H groups in total. The quantitative estimate of drug-likeness (QED) is 0.375. The largest absolute Gasteiger partial charge is 0.453 e. The molecule has 0 aromatic heterocycles. The van der Waals surface area contributed by atoms with Gasteiger partial charge in [-0.05, 0) is 111 Å². The summed E-state index contributed by atoms with van der Waals surface area (Å²) in [5.41, 5.74) is 1.16. The summed E-state index contributed by atoms with van der Waals surface area (Å²) in [6.45, 7) is 14.2. The van der Waals surface area contributed by atoms with E-state index in [9.17, 15) is 15.0 Å². The number of carbonyl (C=O) groups excluding carboxylic acids is 1. The number of hydrogen-bond acceptors (Lipinski definition) is 4. The average molecular weight is 471 g/mol. The zero-order valence-electron chi connectivity index (χ0n) is 22.3. The van der Waals surface area contributed by atoms with Crippen molar-refractivity contribution in [2.45, 2.75) is 117 Å².